The Labute approximate surface area is 124 Å². The van der Waals surface area contributed by atoms with E-state index in [-0.39, 0.29) is 6.04 Å². The van der Waals surface area contributed by atoms with Crippen molar-refractivity contribution in [3.05, 3.63) is 28.2 Å². The lowest BCUT2D eigenvalue weighted by molar-refractivity contribution is 0.395. The molecule has 1 aromatic rings. The summed E-state index contributed by atoms with van der Waals surface area (Å²) in [6.45, 7) is 4.57. The van der Waals surface area contributed by atoms with Gasteiger partial charge in [0.1, 0.15) is 0 Å². The van der Waals surface area contributed by atoms with Crippen LogP contribution in [0.4, 0.5) is 0 Å². The van der Waals surface area contributed by atoms with Crippen LogP contribution >= 0.6 is 15.9 Å². The lowest BCUT2D eigenvalue weighted by atomic mass is 10.2. The highest BCUT2D eigenvalue weighted by Gasteiger charge is 2.38. The molecule has 0 saturated heterocycles. The summed E-state index contributed by atoms with van der Waals surface area (Å²) in [6, 6.07) is 5.66. The number of sulfonamides is 1. The van der Waals surface area contributed by atoms with Crippen molar-refractivity contribution in [2.45, 2.75) is 50.5 Å². The van der Waals surface area contributed by atoms with Crippen LogP contribution in [0.5, 0.6) is 0 Å². The highest BCUT2D eigenvalue weighted by Crippen LogP contribution is 2.34. The van der Waals surface area contributed by atoms with Gasteiger partial charge in [-0.2, -0.15) is 4.31 Å². The zero-order valence-electron chi connectivity index (χ0n) is 11.4. The van der Waals surface area contributed by atoms with Crippen molar-refractivity contribution < 1.29 is 8.42 Å². The number of hydrogen-bond donors (Lipinski definition) is 0. The maximum Gasteiger partial charge on any atom is 0.243 e. The first-order chi connectivity index (χ1) is 8.96. The predicted molar refractivity (Wildman–Crippen MR) is 80.7 cm³/mol. The second-order valence-electron chi connectivity index (χ2n) is 5.11. The predicted octanol–water partition coefficient (Wildman–Crippen LogP) is 3.71. The average Bonchev–Trinajstić information content (AvgIpc) is 3.17. The Morgan fingerprint density at radius 1 is 1.37 bits per heavy atom. The molecule has 2 rings (SSSR count). The Morgan fingerprint density at radius 3 is 2.63 bits per heavy atom. The maximum absolute atomic E-state index is 12.8. The number of nitrogens with zero attached hydrogens (tertiary/aromatic N) is 1. The Bertz CT molecular complexity index is 553. The Morgan fingerprint density at radius 2 is 2.05 bits per heavy atom. The number of benzene rings is 1. The third kappa shape index (κ3) is 3.38. The molecule has 0 aliphatic heterocycles. The number of halogens is 1. The molecule has 0 radical (unpaired) electrons. The average molecular weight is 346 g/mol. The van der Waals surface area contributed by atoms with Crippen LogP contribution in [0.25, 0.3) is 0 Å². The van der Waals surface area contributed by atoms with Crippen molar-refractivity contribution in [1.82, 2.24) is 4.31 Å². The highest BCUT2D eigenvalue weighted by atomic mass is 79.9. The van der Waals surface area contributed by atoms with E-state index in [4.69, 9.17) is 0 Å². The Hall–Kier alpha value is -0.390. The number of unbranched alkanes of at least 4 members (excludes halogenated alkanes) is 1. The molecule has 3 nitrogen and oxygen atoms in total. The molecular weight excluding hydrogens is 326 g/mol. The molecule has 19 heavy (non-hydrogen) atoms. The lowest BCUT2D eigenvalue weighted by Crippen LogP contribution is -2.34. The molecule has 0 bridgehead atoms. The molecule has 5 heteroatoms. The number of rotatable bonds is 6. The summed E-state index contributed by atoms with van der Waals surface area (Å²) in [7, 11) is -3.36. The van der Waals surface area contributed by atoms with Crippen molar-refractivity contribution >= 4 is 26.0 Å². The molecule has 0 atom stereocenters. The summed E-state index contributed by atoms with van der Waals surface area (Å²) in [4.78, 5) is 0.435. The molecule has 1 aliphatic rings. The van der Waals surface area contributed by atoms with Gasteiger partial charge in [-0.1, -0.05) is 35.3 Å². The van der Waals surface area contributed by atoms with Gasteiger partial charge >= 0.3 is 0 Å². The first-order valence-electron chi connectivity index (χ1n) is 6.75. The third-order valence-corrected chi connectivity index (χ3v) is 6.01. The topological polar surface area (TPSA) is 37.4 Å². The van der Waals surface area contributed by atoms with E-state index in [2.05, 4.69) is 22.9 Å². The van der Waals surface area contributed by atoms with Gasteiger partial charge < -0.3 is 0 Å². The quantitative estimate of drug-likeness (QED) is 0.787. The van der Waals surface area contributed by atoms with Gasteiger partial charge in [0, 0.05) is 17.1 Å². The van der Waals surface area contributed by atoms with Crippen molar-refractivity contribution in [1.29, 1.82) is 0 Å². The van der Waals surface area contributed by atoms with Crippen LogP contribution in [-0.2, 0) is 10.0 Å². The van der Waals surface area contributed by atoms with Gasteiger partial charge in [-0.05, 0) is 43.9 Å². The smallest absolute Gasteiger partial charge is 0.207 e. The summed E-state index contributed by atoms with van der Waals surface area (Å²) in [6.07, 6.45) is 3.92. The van der Waals surface area contributed by atoms with Crippen molar-refractivity contribution in [3.63, 3.8) is 0 Å². The van der Waals surface area contributed by atoms with Crippen LogP contribution in [0, 0.1) is 6.92 Å². The zero-order valence-corrected chi connectivity index (χ0v) is 13.8. The van der Waals surface area contributed by atoms with E-state index >= 15 is 0 Å². The fourth-order valence-electron chi connectivity index (χ4n) is 2.15. The minimum absolute atomic E-state index is 0.218. The van der Waals surface area contributed by atoms with Gasteiger partial charge in [-0.15, -0.1) is 0 Å². The zero-order chi connectivity index (χ0) is 14.0. The van der Waals surface area contributed by atoms with E-state index in [1.165, 1.54) is 0 Å². The van der Waals surface area contributed by atoms with Gasteiger partial charge in [0.2, 0.25) is 10.0 Å². The Kier molecular flexibility index (Phi) is 4.69. The van der Waals surface area contributed by atoms with Crippen LogP contribution in [0.2, 0.25) is 0 Å². The third-order valence-electron chi connectivity index (χ3n) is 3.42. The lowest BCUT2D eigenvalue weighted by Gasteiger charge is -2.22. The van der Waals surface area contributed by atoms with E-state index in [0.717, 1.165) is 35.7 Å². The summed E-state index contributed by atoms with van der Waals surface area (Å²) >= 11 is 3.36. The van der Waals surface area contributed by atoms with Crippen molar-refractivity contribution in [3.8, 4) is 0 Å². The van der Waals surface area contributed by atoms with E-state index < -0.39 is 10.0 Å². The molecular formula is C14H20BrNO2S. The van der Waals surface area contributed by atoms with E-state index in [1.54, 1.807) is 10.4 Å². The van der Waals surface area contributed by atoms with Crippen LogP contribution < -0.4 is 0 Å². The van der Waals surface area contributed by atoms with Crippen LogP contribution in [-0.4, -0.2) is 25.3 Å². The monoisotopic (exact) mass is 345 g/mol. The van der Waals surface area contributed by atoms with Crippen molar-refractivity contribution in [2.24, 2.45) is 0 Å². The molecule has 0 amide bonds. The minimum atomic E-state index is -3.36. The number of aryl methyl sites for hydroxylation is 1. The van der Waals surface area contributed by atoms with E-state index in [1.807, 2.05) is 19.1 Å². The standard InChI is InChI=1S/C14H20BrNO2S/c1-3-4-9-16(13-7-8-13)19(17,18)14-10-12(15)6-5-11(14)2/h5-6,10,13H,3-4,7-9H2,1-2H3. The number of hydrogen-bond acceptors (Lipinski definition) is 2. The minimum Gasteiger partial charge on any atom is -0.207 e. The largest absolute Gasteiger partial charge is 0.243 e. The fourth-order valence-corrected chi connectivity index (χ4v) is 4.64. The molecule has 1 aliphatic carbocycles. The molecule has 106 valence electrons. The second-order valence-corrected chi connectivity index (χ2v) is 7.88. The van der Waals surface area contributed by atoms with Crippen LogP contribution in [0.3, 0.4) is 0 Å². The van der Waals surface area contributed by atoms with E-state index in [9.17, 15) is 8.42 Å². The molecule has 0 N–H and O–H groups in total. The highest BCUT2D eigenvalue weighted by molar-refractivity contribution is 9.10. The summed E-state index contributed by atoms with van der Waals surface area (Å²) in [5.41, 5.74) is 0.811. The summed E-state index contributed by atoms with van der Waals surface area (Å²) in [5, 5.41) is 0. The SMILES string of the molecule is CCCCN(C1CC1)S(=O)(=O)c1cc(Br)ccc1C. The Balaban J connectivity index is 2.35. The fraction of sp³-hybridized carbons (Fsp3) is 0.571. The first kappa shape index (κ1) is 15.0. The molecule has 0 aromatic heterocycles. The maximum atomic E-state index is 12.8. The van der Waals surface area contributed by atoms with Gasteiger partial charge in [0.15, 0.2) is 0 Å². The van der Waals surface area contributed by atoms with Crippen LogP contribution in [0.15, 0.2) is 27.6 Å². The molecule has 1 fully saturated rings. The molecule has 0 heterocycles. The van der Waals surface area contributed by atoms with Gasteiger partial charge in [0.25, 0.3) is 0 Å². The first-order valence-corrected chi connectivity index (χ1v) is 8.98. The molecule has 0 unspecified atom stereocenters. The van der Waals surface area contributed by atoms with Crippen molar-refractivity contribution in [2.75, 3.05) is 6.54 Å². The van der Waals surface area contributed by atoms with Gasteiger partial charge in [-0.3, -0.25) is 0 Å². The molecule has 1 saturated carbocycles. The normalized spacial score (nSPS) is 16.0. The van der Waals surface area contributed by atoms with Gasteiger partial charge in [0.05, 0.1) is 4.90 Å². The summed E-state index contributed by atoms with van der Waals surface area (Å²) < 4.78 is 28.1. The molecule has 1 aromatic carbocycles. The molecule has 0 spiro atoms. The van der Waals surface area contributed by atoms with Crippen LogP contribution in [0.1, 0.15) is 38.2 Å². The summed E-state index contributed by atoms with van der Waals surface area (Å²) in [5.74, 6) is 0. The second kappa shape index (κ2) is 5.94. The van der Waals surface area contributed by atoms with Gasteiger partial charge in [-0.25, -0.2) is 8.42 Å². The van der Waals surface area contributed by atoms with E-state index in [0.29, 0.717) is 11.4 Å².